The number of unbranched alkanes of at least 4 members (excludes halogenated alkanes) is 3. The van der Waals surface area contributed by atoms with Gasteiger partial charge in [-0.05, 0) is 74.4 Å². The first-order valence-electron chi connectivity index (χ1n) is 13.2. The lowest BCUT2D eigenvalue weighted by atomic mass is 9.89. The molecule has 2 aliphatic rings. The van der Waals surface area contributed by atoms with Gasteiger partial charge in [-0.15, -0.1) is 11.8 Å². The number of primary amides is 1. The quantitative estimate of drug-likeness (QED) is 0.364. The van der Waals surface area contributed by atoms with Gasteiger partial charge in [0.05, 0.1) is 0 Å². The summed E-state index contributed by atoms with van der Waals surface area (Å²) in [5.74, 6) is 6.88. The lowest BCUT2D eigenvalue weighted by Crippen LogP contribution is -2.50. The van der Waals surface area contributed by atoms with E-state index >= 15 is 0 Å². The largest absolute Gasteiger partial charge is 0.351 e. The van der Waals surface area contributed by atoms with E-state index in [1.165, 1.54) is 14.6 Å². The molecule has 0 radical (unpaired) electrons. The van der Waals surface area contributed by atoms with E-state index in [1.807, 2.05) is 13.8 Å². The Morgan fingerprint density at radius 3 is 2.37 bits per heavy atom. The highest BCUT2D eigenvalue weighted by atomic mass is 32.2. The number of hydrogen-bond acceptors (Lipinski definition) is 5. The molecule has 3 amide bonds. The van der Waals surface area contributed by atoms with Gasteiger partial charge in [0.2, 0.25) is 10.0 Å². The van der Waals surface area contributed by atoms with Crippen LogP contribution in [0.5, 0.6) is 0 Å². The minimum atomic E-state index is -3.69. The second kappa shape index (κ2) is 12.6. The molecule has 1 spiro atoms. The highest BCUT2D eigenvalue weighted by molar-refractivity contribution is 7.92. The monoisotopic (exact) mass is 541 g/mol. The summed E-state index contributed by atoms with van der Waals surface area (Å²) < 4.78 is 27.6. The summed E-state index contributed by atoms with van der Waals surface area (Å²) in [5.41, 5.74) is 7.54. The van der Waals surface area contributed by atoms with Crippen molar-refractivity contribution in [1.82, 2.24) is 9.62 Å². The number of aliphatic imine (C=N–C) groups is 1. The van der Waals surface area contributed by atoms with E-state index < -0.39 is 21.6 Å². The molecule has 0 unspecified atom stereocenters. The van der Waals surface area contributed by atoms with Crippen molar-refractivity contribution in [3.8, 4) is 11.8 Å². The van der Waals surface area contributed by atoms with Gasteiger partial charge in [0.15, 0.2) is 0 Å². The SMILES string of the molecule is CCCCC#CCCCC1=NC2(CCN(S(=O)(=O)C=Cc3c(C)cc(N(C)C(N)=O)cc3C)CC2)C(=O)N1. The Morgan fingerprint density at radius 2 is 1.79 bits per heavy atom. The smallest absolute Gasteiger partial charge is 0.318 e. The molecule has 0 saturated carbocycles. The van der Waals surface area contributed by atoms with Gasteiger partial charge < -0.3 is 11.1 Å². The first-order chi connectivity index (χ1) is 18.0. The van der Waals surface area contributed by atoms with Crippen LogP contribution in [0.2, 0.25) is 0 Å². The third-order valence-corrected chi connectivity index (χ3v) is 8.70. The summed E-state index contributed by atoms with van der Waals surface area (Å²) in [6.07, 6.45) is 7.72. The van der Waals surface area contributed by atoms with Crippen LogP contribution in [0, 0.1) is 25.7 Å². The molecule has 206 valence electrons. The molecule has 3 rings (SSSR count). The molecule has 0 aliphatic carbocycles. The standard InChI is InChI=1S/C28H39N5O4S/c1-5-6-7-8-9-10-11-12-25-30-26(34)28(31-25)14-16-33(17-15-28)38(36,37)18-13-24-21(2)19-23(20-22(24)3)32(4)27(29)35/h13,18-20H,5-7,10-12,14-17H2,1-4H3,(H2,29,35)(H,30,31,34). The summed E-state index contributed by atoms with van der Waals surface area (Å²) in [4.78, 5) is 30.3. The third kappa shape index (κ3) is 7.03. The number of amides is 3. The zero-order valence-corrected chi connectivity index (χ0v) is 23.7. The number of urea groups is 1. The predicted molar refractivity (Wildman–Crippen MR) is 152 cm³/mol. The average Bonchev–Trinajstić information content (AvgIpc) is 3.16. The molecule has 2 aliphatic heterocycles. The van der Waals surface area contributed by atoms with Crippen LogP contribution >= 0.6 is 0 Å². The van der Waals surface area contributed by atoms with Crippen molar-refractivity contribution in [2.24, 2.45) is 10.7 Å². The summed E-state index contributed by atoms with van der Waals surface area (Å²) in [5, 5.41) is 4.12. The van der Waals surface area contributed by atoms with E-state index in [2.05, 4.69) is 24.1 Å². The number of amidine groups is 1. The Balaban J connectivity index is 1.61. The Bertz CT molecular complexity index is 1260. The Kier molecular flexibility index (Phi) is 9.74. The Labute approximate surface area is 226 Å². The molecule has 1 saturated heterocycles. The molecule has 1 fully saturated rings. The van der Waals surface area contributed by atoms with E-state index in [1.54, 1.807) is 25.3 Å². The van der Waals surface area contributed by atoms with Crippen molar-refractivity contribution in [2.45, 2.75) is 77.7 Å². The van der Waals surface area contributed by atoms with Gasteiger partial charge in [-0.2, -0.15) is 4.31 Å². The summed E-state index contributed by atoms with van der Waals surface area (Å²) in [7, 11) is -2.10. The van der Waals surface area contributed by atoms with Crippen LogP contribution in [0.15, 0.2) is 22.5 Å². The van der Waals surface area contributed by atoms with Crippen molar-refractivity contribution < 1.29 is 18.0 Å². The van der Waals surface area contributed by atoms with E-state index in [0.29, 0.717) is 30.8 Å². The van der Waals surface area contributed by atoms with Gasteiger partial charge >= 0.3 is 6.03 Å². The molecule has 0 atom stereocenters. The van der Waals surface area contributed by atoms with Gasteiger partial charge in [-0.1, -0.05) is 13.3 Å². The molecule has 9 nitrogen and oxygen atoms in total. The zero-order valence-electron chi connectivity index (χ0n) is 22.8. The van der Waals surface area contributed by atoms with Crippen LogP contribution in [-0.4, -0.2) is 56.2 Å². The fourth-order valence-corrected chi connectivity index (χ4v) is 5.89. The first kappa shape index (κ1) is 29.4. The number of benzene rings is 1. The van der Waals surface area contributed by atoms with Gasteiger partial charge in [-0.3, -0.25) is 14.7 Å². The van der Waals surface area contributed by atoms with Crippen molar-refractivity contribution in [3.63, 3.8) is 0 Å². The molecular formula is C28H39N5O4S. The van der Waals surface area contributed by atoms with Crippen molar-refractivity contribution in [3.05, 3.63) is 34.2 Å². The topological polar surface area (TPSA) is 125 Å². The number of nitrogens with one attached hydrogen (secondary N) is 1. The number of sulfonamides is 1. The molecule has 1 aromatic rings. The van der Waals surface area contributed by atoms with Crippen LogP contribution in [-0.2, 0) is 14.8 Å². The number of carbonyl (C=O) groups is 2. The number of anilines is 1. The lowest BCUT2D eigenvalue weighted by molar-refractivity contribution is -0.124. The molecule has 2 heterocycles. The van der Waals surface area contributed by atoms with Crippen LogP contribution in [0.4, 0.5) is 10.5 Å². The molecule has 1 aromatic carbocycles. The van der Waals surface area contributed by atoms with Gasteiger partial charge in [0, 0.05) is 50.5 Å². The Hall–Kier alpha value is -3.16. The van der Waals surface area contributed by atoms with Crippen LogP contribution < -0.4 is 16.0 Å². The number of nitrogens with zero attached hydrogens (tertiary/aromatic N) is 3. The number of hydrogen-bond donors (Lipinski definition) is 2. The van der Waals surface area contributed by atoms with Crippen molar-refractivity contribution in [2.75, 3.05) is 25.0 Å². The third-order valence-electron chi connectivity index (χ3n) is 7.14. The Morgan fingerprint density at radius 1 is 1.18 bits per heavy atom. The summed E-state index contributed by atoms with van der Waals surface area (Å²) >= 11 is 0. The fraction of sp³-hybridized carbons (Fsp3) is 0.536. The van der Waals surface area contributed by atoms with Crippen molar-refractivity contribution >= 4 is 39.6 Å². The van der Waals surface area contributed by atoms with Crippen LogP contribution in [0.25, 0.3) is 6.08 Å². The predicted octanol–water partition coefficient (Wildman–Crippen LogP) is 3.85. The fourth-order valence-electron chi connectivity index (χ4n) is 4.71. The van der Waals surface area contributed by atoms with E-state index in [4.69, 9.17) is 10.7 Å². The van der Waals surface area contributed by atoms with Gasteiger partial charge in [-0.25, -0.2) is 13.2 Å². The van der Waals surface area contributed by atoms with E-state index in [0.717, 1.165) is 48.8 Å². The summed E-state index contributed by atoms with van der Waals surface area (Å²) in [6, 6.07) is 3.02. The highest BCUT2D eigenvalue weighted by Crippen LogP contribution is 2.32. The molecular weight excluding hydrogens is 502 g/mol. The normalized spacial score (nSPS) is 17.3. The minimum Gasteiger partial charge on any atom is -0.351 e. The second-order valence-electron chi connectivity index (χ2n) is 9.99. The van der Waals surface area contributed by atoms with Gasteiger partial charge in [0.1, 0.15) is 11.4 Å². The second-order valence-corrected chi connectivity index (χ2v) is 11.8. The van der Waals surface area contributed by atoms with E-state index in [-0.39, 0.29) is 19.0 Å². The molecule has 10 heteroatoms. The number of rotatable bonds is 9. The van der Waals surface area contributed by atoms with Crippen LogP contribution in [0.3, 0.4) is 0 Å². The molecule has 38 heavy (non-hydrogen) atoms. The summed E-state index contributed by atoms with van der Waals surface area (Å²) in [6.45, 7) is 6.30. The maximum absolute atomic E-state index is 13.1. The lowest BCUT2D eigenvalue weighted by Gasteiger charge is -2.34. The highest BCUT2D eigenvalue weighted by Gasteiger charge is 2.46. The van der Waals surface area contributed by atoms with Crippen molar-refractivity contribution in [1.29, 1.82) is 0 Å². The minimum absolute atomic E-state index is 0.138. The van der Waals surface area contributed by atoms with E-state index in [9.17, 15) is 18.0 Å². The average molecular weight is 542 g/mol. The number of carbonyl (C=O) groups excluding carboxylic acids is 2. The maximum Gasteiger partial charge on any atom is 0.318 e. The first-order valence-corrected chi connectivity index (χ1v) is 14.7. The number of nitrogens with two attached hydrogens (primary N) is 1. The number of aryl methyl sites for hydroxylation is 2. The number of piperidine rings is 1. The molecule has 0 aromatic heterocycles. The maximum atomic E-state index is 13.1. The van der Waals surface area contributed by atoms with Crippen LogP contribution in [0.1, 0.15) is 75.0 Å². The molecule has 3 N–H and O–H groups in total. The molecule has 0 bridgehead atoms. The zero-order chi connectivity index (χ0) is 27.9. The van der Waals surface area contributed by atoms with Gasteiger partial charge in [0.25, 0.3) is 5.91 Å².